The third-order valence-corrected chi connectivity index (χ3v) is 6.00. The summed E-state index contributed by atoms with van der Waals surface area (Å²) in [4.78, 5) is 0.203. The first kappa shape index (κ1) is 13.8. The van der Waals surface area contributed by atoms with Crippen molar-refractivity contribution < 1.29 is 12.8 Å². The third-order valence-electron chi connectivity index (χ3n) is 3.77. The molecule has 0 heterocycles. The van der Waals surface area contributed by atoms with Crippen molar-refractivity contribution in [2.24, 2.45) is 5.92 Å². The Hall–Kier alpha value is -2.19. The van der Waals surface area contributed by atoms with Gasteiger partial charge in [-0.3, -0.25) is 0 Å². The van der Waals surface area contributed by atoms with Crippen LogP contribution in [0, 0.1) is 23.1 Å². The second-order valence-corrected chi connectivity index (χ2v) is 7.16. The lowest BCUT2D eigenvalue weighted by Crippen LogP contribution is -2.10. The van der Waals surface area contributed by atoms with Crippen LogP contribution in [0.3, 0.4) is 0 Å². The number of sulfone groups is 1. The fourth-order valence-electron chi connectivity index (χ4n) is 2.70. The Morgan fingerprint density at radius 2 is 1.76 bits per heavy atom. The zero-order chi connectivity index (χ0) is 15.0. The average molecular weight is 301 g/mol. The molecule has 2 aromatic rings. The van der Waals surface area contributed by atoms with Crippen molar-refractivity contribution in [1.29, 1.82) is 5.26 Å². The Bertz CT molecular complexity index is 812. The monoisotopic (exact) mass is 301 g/mol. The van der Waals surface area contributed by atoms with E-state index in [-0.39, 0.29) is 4.90 Å². The van der Waals surface area contributed by atoms with E-state index in [1.165, 1.54) is 30.3 Å². The fraction of sp³-hybridized carbons (Fsp3) is 0.188. The first-order valence-corrected chi connectivity index (χ1v) is 8.04. The number of hydrogen-bond donors (Lipinski definition) is 0. The molecule has 0 spiro atoms. The lowest BCUT2D eigenvalue weighted by atomic mass is 10.1. The smallest absolute Gasteiger partial charge is 0.183 e. The molecule has 1 aliphatic rings. The van der Waals surface area contributed by atoms with E-state index in [1.807, 2.05) is 6.07 Å². The fourth-order valence-corrected chi connectivity index (χ4v) is 4.79. The van der Waals surface area contributed by atoms with Gasteiger partial charge in [0.2, 0.25) is 0 Å². The van der Waals surface area contributed by atoms with E-state index in [0.717, 1.165) is 0 Å². The Kier molecular flexibility index (Phi) is 3.26. The maximum absolute atomic E-state index is 13.3. The molecule has 0 amide bonds. The molecule has 0 bridgehead atoms. The first-order chi connectivity index (χ1) is 10.1. The van der Waals surface area contributed by atoms with E-state index in [4.69, 9.17) is 0 Å². The number of halogens is 1. The minimum atomic E-state index is -3.58. The van der Waals surface area contributed by atoms with E-state index in [1.54, 1.807) is 24.3 Å². The second kappa shape index (κ2) is 4.97. The summed E-state index contributed by atoms with van der Waals surface area (Å²) in [7, 11) is -3.58. The van der Waals surface area contributed by atoms with Crippen molar-refractivity contribution in [1.82, 2.24) is 0 Å². The highest BCUT2D eigenvalue weighted by atomic mass is 32.2. The zero-order valence-electron chi connectivity index (χ0n) is 11.0. The summed E-state index contributed by atoms with van der Waals surface area (Å²) in [5.74, 6) is -1.51. The van der Waals surface area contributed by atoms with E-state index in [0.29, 0.717) is 5.56 Å². The molecule has 3 atom stereocenters. The van der Waals surface area contributed by atoms with Gasteiger partial charge in [-0.15, -0.1) is 0 Å². The van der Waals surface area contributed by atoms with Gasteiger partial charge in [-0.1, -0.05) is 30.3 Å². The van der Waals surface area contributed by atoms with E-state index in [9.17, 15) is 18.1 Å². The van der Waals surface area contributed by atoms with Crippen molar-refractivity contribution in [3.05, 3.63) is 66.0 Å². The van der Waals surface area contributed by atoms with Crippen LogP contribution in [0.5, 0.6) is 0 Å². The van der Waals surface area contributed by atoms with Gasteiger partial charge in [-0.25, -0.2) is 12.8 Å². The molecule has 3 rings (SSSR count). The van der Waals surface area contributed by atoms with Crippen molar-refractivity contribution >= 4 is 9.84 Å². The highest BCUT2D eigenvalue weighted by molar-refractivity contribution is 7.92. The van der Waals surface area contributed by atoms with E-state index >= 15 is 0 Å². The molecule has 5 heteroatoms. The molecule has 2 aromatic carbocycles. The van der Waals surface area contributed by atoms with Gasteiger partial charge in [0.15, 0.2) is 9.84 Å². The Morgan fingerprint density at radius 1 is 1.05 bits per heavy atom. The van der Waals surface area contributed by atoms with Gasteiger partial charge >= 0.3 is 0 Å². The molecule has 0 aromatic heterocycles. The van der Waals surface area contributed by atoms with Crippen molar-refractivity contribution in [3.63, 3.8) is 0 Å². The van der Waals surface area contributed by atoms with Gasteiger partial charge in [0.05, 0.1) is 22.1 Å². The molecule has 21 heavy (non-hydrogen) atoms. The summed E-state index contributed by atoms with van der Waals surface area (Å²) in [6, 6.07) is 15.9. The van der Waals surface area contributed by atoms with Gasteiger partial charge in [0, 0.05) is 5.92 Å². The highest BCUT2D eigenvalue weighted by Gasteiger charge is 2.59. The molecule has 1 aliphatic carbocycles. The topological polar surface area (TPSA) is 57.9 Å². The van der Waals surface area contributed by atoms with Crippen LogP contribution in [0.4, 0.5) is 4.39 Å². The summed E-state index contributed by atoms with van der Waals surface area (Å²) in [5, 5.41) is 8.38. The predicted molar refractivity (Wildman–Crippen MR) is 75.7 cm³/mol. The van der Waals surface area contributed by atoms with E-state index < -0.39 is 32.7 Å². The maximum Gasteiger partial charge on any atom is 0.183 e. The number of hydrogen-bond acceptors (Lipinski definition) is 3. The summed E-state index contributed by atoms with van der Waals surface area (Å²) in [6.07, 6.45) is 0. The van der Waals surface area contributed by atoms with Crippen LogP contribution in [-0.2, 0) is 9.84 Å². The van der Waals surface area contributed by atoms with E-state index in [2.05, 4.69) is 0 Å². The lowest BCUT2D eigenvalue weighted by molar-refractivity contribution is 0.593. The van der Waals surface area contributed by atoms with Crippen LogP contribution in [-0.4, -0.2) is 13.7 Å². The highest BCUT2D eigenvalue weighted by Crippen LogP contribution is 2.53. The molecule has 106 valence electrons. The molecule has 0 saturated heterocycles. The van der Waals surface area contributed by atoms with Crippen molar-refractivity contribution in [2.45, 2.75) is 16.1 Å². The number of nitriles is 1. The standard InChI is InChI=1S/C16H12FNO2S/c17-12-6-4-5-11(9-12)15-14(10-18)16(15)21(19,20)13-7-2-1-3-8-13/h1-9,14-16H/t14-,15-,16+/m0/s1. The maximum atomic E-state index is 13.3. The molecule has 1 saturated carbocycles. The van der Waals surface area contributed by atoms with Crippen molar-refractivity contribution in [3.8, 4) is 6.07 Å². The quantitative estimate of drug-likeness (QED) is 0.876. The van der Waals surface area contributed by atoms with Crippen LogP contribution < -0.4 is 0 Å². The Labute approximate surface area is 122 Å². The summed E-state index contributed by atoms with van der Waals surface area (Å²) in [6.45, 7) is 0. The summed E-state index contributed by atoms with van der Waals surface area (Å²) in [5.41, 5.74) is 0.561. The Morgan fingerprint density at radius 3 is 2.38 bits per heavy atom. The number of benzene rings is 2. The molecular weight excluding hydrogens is 289 g/mol. The van der Waals surface area contributed by atoms with Gasteiger partial charge in [-0.05, 0) is 29.8 Å². The molecule has 0 unspecified atom stereocenters. The van der Waals surface area contributed by atoms with Gasteiger partial charge < -0.3 is 0 Å². The molecule has 0 aliphatic heterocycles. The Balaban J connectivity index is 1.99. The minimum absolute atomic E-state index is 0.203. The normalized spacial score (nSPS) is 24.3. The molecule has 1 fully saturated rings. The number of rotatable bonds is 3. The van der Waals surface area contributed by atoms with Gasteiger partial charge in [0.1, 0.15) is 5.82 Å². The molecule has 0 radical (unpaired) electrons. The zero-order valence-corrected chi connectivity index (χ0v) is 11.8. The third kappa shape index (κ3) is 2.32. The van der Waals surface area contributed by atoms with Crippen LogP contribution in [0.25, 0.3) is 0 Å². The molecule has 3 nitrogen and oxygen atoms in total. The largest absolute Gasteiger partial charge is 0.223 e. The summed E-state index contributed by atoms with van der Waals surface area (Å²) < 4.78 is 38.5. The van der Waals surface area contributed by atoms with Crippen LogP contribution >= 0.6 is 0 Å². The minimum Gasteiger partial charge on any atom is -0.223 e. The van der Waals surface area contributed by atoms with Crippen LogP contribution in [0.1, 0.15) is 11.5 Å². The van der Waals surface area contributed by atoms with Crippen LogP contribution in [0.2, 0.25) is 0 Å². The van der Waals surface area contributed by atoms with Crippen LogP contribution in [0.15, 0.2) is 59.5 Å². The molecular formula is C16H12FNO2S. The summed E-state index contributed by atoms with van der Waals surface area (Å²) >= 11 is 0. The van der Waals surface area contributed by atoms with Gasteiger partial charge in [0.25, 0.3) is 0 Å². The first-order valence-electron chi connectivity index (χ1n) is 6.50. The second-order valence-electron chi connectivity index (χ2n) is 5.06. The lowest BCUT2D eigenvalue weighted by Gasteiger charge is -2.03. The predicted octanol–water partition coefficient (Wildman–Crippen LogP) is 2.91. The van der Waals surface area contributed by atoms with Crippen molar-refractivity contribution in [2.75, 3.05) is 0 Å². The van der Waals surface area contributed by atoms with Gasteiger partial charge in [-0.2, -0.15) is 5.26 Å². The average Bonchev–Trinajstić information content (AvgIpc) is 3.23. The number of nitrogens with zero attached hydrogens (tertiary/aromatic N) is 1. The SMILES string of the molecule is N#C[C@H]1[C@H](c2cccc(F)c2)[C@@H]1S(=O)(=O)c1ccccc1. The molecule has 0 N–H and O–H groups in total.